The first-order chi connectivity index (χ1) is 14.8. The van der Waals surface area contributed by atoms with Gasteiger partial charge in [0.15, 0.2) is 0 Å². The molecule has 0 amide bonds. The summed E-state index contributed by atoms with van der Waals surface area (Å²) in [6.45, 7) is 1.91. The van der Waals surface area contributed by atoms with E-state index in [1.807, 2.05) is 72.4 Å². The maximum Gasteiger partial charge on any atom is 0.126 e. The van der Waals surface area contributed by atoms with Gasteiger partial charge in [0.25, 0.3) is 0 Å². The molecule has 0 aliphatic rings. The maximum absolute atomic E-state index is 4.98. The molecule has 2 heterocycles. The summed E-state index contributed by atoms with van der Waals surface area (Å²) < 4.78 is 1.96. The van der Waals surface area contributed by atoms with Gasteiger partial charge in [0.1, 0.15) is 11.5 Å². The first kappa shape index (κ1) is 18.0. The SMILES string of the molecule is Cc1ncc(-n2nc(-c3ccccc3)cc2-c2ccccc2)c(-c2ccccc2)n1. The Hall–Kier alpha value is -4.05. The molecular formula is C26H20N4. The molecule has 5 rings (SSSR count). The predicted molar refractivity (Wildman–Crippen MR) is 120 cm³/mol. The van der Waals surface area contributed by atoms with Crippen molar-refractivity contribution in [2.45, 2.75) is 6.92 Å². The zero-order valence-corrected chi connectivity index (χ0v) is 16.6. The Bertz CT molecular complexity index is 1280. The second kappa shape index (κ2) is 7.76. The number of rotatable bonds is 4. The molecule has 0 N–H and O–H groups in total. The standard InChI is InChI=1S/C26H20N4/c1-19-27-18-25(26(28-19)22-15-9-4-10-16-22)30-24(21-13-7-3-8-14-21)17-23(29-30)20-11-5-2-6-12-20/h2-18H,1H3. The third-order valence-corrected chi connectivity index (χ3v) is 5.01. The lowest BCUT2D eigenvalue weighted by molar-refractivity contribution is 0.870. The van der Waals surface area contributed by atoms with Crippen molar-refractivity contribution in [2.24, 2.45) is 0 Å². The van der Waals surface area contributed by atoms with Crippen LogP contribution < -0.4 is 0 Å². The van der Waals surface area contributed by atoms with Crippen LogP contribution in [-0.4, -0.2) is 19.7 Å². The molecule has 0 aliphatic carbocycles. The highest BCUT2D eigenvalue weighted by molar-refractivity contribution is 5.74. The van der Waals surface area contributed by atoms with E-state index in [0.29, 0.717) is 0 Å². The maximum atomic E-state index is 4.98. The Morgan fingerprint density at radius 1 is 0.667 bits per heavy atom. The van der Waals surface area contributed by atoms with Crippen LogP contribution in [0, 0.1) is 6.92 Å². The first-order valence-electron chi connectivity index (χ1n) is 9.90. The molecule has 0 fully saturated rings. The van der Waals surface area contributed by atoms with E-state index in [1.165, 1.54) is 0 Å². The Balaban J connectivity index is 1.76. The highest BCUT2D eigenvalue weighted by Crippen LogP contribution is 2.32. The van der Waals surface area contributed by atoms with Gasteiger partial charge in [0.2, 0.25) is 0 Å². The number of hydrogen-bond donors (Lipinski definition) is 0. The monoisotopic (exact) mass is 388 g/mol. The van der Waals surface area contributed by atoms with Crippen LogP contribution in [0.25, 0.3) is 39.5 Å². The van der Waals surface area contributed by atoms with Crippen molar-refractivity contribution in [1.82, 2.24) is 19.7 Å². The fraction of sp³-hybridized carbons (Fsp3) is 0.0385. The van der Waals surface area contributed by atoms with Crippen LogP contribution >= 0.6 is 0 Å². The molecule has 0 radical (unpaired) electrons. The average molecular weight is 388 g/mol. The highest BCUT2D eigenvalue weighted by atomic mass is 15.3. The summed E-state index contributed by atoms with van der Waals surface area (Å²) in [5.41, 5.74) is 6.83. The van der Waals surface area contributed by atoms with Crippen LogP contribution in [0.4, 0.5) is 0 Å². The molecule has 4 heteroatoms. The lowest BCUT2D eigenvalue weighted by Crippen LogP contribution is -2.05. The zero-order valence-electron chi connectivity index (χ0n) is 16.6. The van der Waals surface area contributed by atoms with Crippen molar-refractivity contribution in [1.29, 1.82) is 0 Å². The van der Waals surface area contributed by atoms with Gasteiger partial charge in [0, 0.05) is 16.7 Å². The summed E-state index contributed by atoms with van der Waals surface area (Å²) >= 11 is 0. The third-order valence-electron chi connectivity index (χ3n) is 5.01. The van der Waals surface area contributed by atoms with Crippen molar-refractivity contribution in [2.75, 3.05) is 0 Å². The second-order valence-corrected chi connectivity index (χ2v) is 7.08. The van der Waals surface area contributed by atoms with Crippen molar-refractivity contribution in [3.05, 3.63) is 109 Å². The molecule has 3 aromatic carbocycles. The molecule has 144 valence electrons. The van der Waals surface area contributed by atoms with Crippen molar-refractivity contribution < 1.29 is 0 Å². The van der Waals surface area contributed by atoms with Gasteiger partial charge < -0.3 is 0 Å². The molecule has 0 aliphatic heterocycles. The van der Waals surface area contributed by atoms with Gasteiger partial charge in [-0.05, 0) is 13.0 Å². The van der Waals surface area contributed by atoms with Crippen LogP contribution in [-0.2, 0) is 0 Å². The zero-order chi connectivity index (χ0) is 20.3. The highest BCUT2D eigenvalue weighted by Gasteiger charge is 2.17. The van der Waals surface area contributed by atoms with Gasteiger partial charge in [-0.1, -0.05) is 91.0 Å². The molecule has 30 heavy (non-hydrogen) atoms. The number of hydrogen-bond acceptors (Lipinski definition) is 3. The van der Waals surface area contributed by atoms with E-state index < -0.39 is 0 Å². The number of aryl methyl sites for hydroxylation is 1. The summed E-state index contributed by atoms with van der Waals surface area (Å²) in [7, 11) is 0. The predicted octanol–water partition coefficient (Wildman–Crippen LogP) is 5.97. The minimum atomic E-state index is 0.731. The van der Waals surface area contributed by atoms with E-state index in [4.69, 9.17) is 10.1 Å². The summed E-state index contributed by atoms with van der Waals surface area (Å²) in [6, 6.07) is 32.8. The quantitative estimate of drug-likeness (QED) is 0.381. The van der Waals surface area contributed by atoms with E-state index in [-0.39, 0.29) is 0 Å². The van der Waals surface area contributed by atoms with Gasteiger partial charge in [-0.25, -0.2) is 14.6 Å². The van der Waals surface area contributed by atoms with Crippen LogP contribution in [0.5, 0.6) is 0 Å². The lowest BCUT2D eigenvalue weighted by atomic mass is 10.1. The van der Waals surface area contributed by atoms with Crippen molar-refractivity contribution in [3.8, 4) is 39.5 Å². The molecule has 0 spiro atoms. The largest absolute Gasteiger partial charge is 0.239 e. The molecule has 2 aromatic heterocycles. The van der Waals surface area contributed by atoms with E-state index >= 15 is 0 Å². The number of aromatic nitrogens is 4. The Morgan fingerprint density at radius 2 is 1.23 bits per heavy atom. The first-order valence-corrected chi connectivity index (χ1v) is 9.90. The smallest absolute Gasteiger partial charge is 0.126 e. The fourth-order valence-corrected chi connectivity index (χ4v) is 3.56. The van der Waals surface area contributed by atoms with Gasteiger partial charge in [-0.15, -0.1) is 0 Å². The van der Waals surface area contributed by atoms with E-state index in [0.717, 1.165) is 45.3 Å². The Labute approximate surface area is 175 Å². The average Bonchev–Trinajstić information content (AvgIpc) is 3.26. The lowest BCUT2D eigenvalue weighted by Gasteiger charge is -2.12. The normalized spacial score (nSPS) is 10.8. The number of nitrogens with zero attached hydrogens (tertiary/aromatic N) is 4. The van der Waals surface area contributed by atoms with Gasteiger partial charge in [0.05, 0.1) is 23.3 Å². The summed E-state index contributed by atoms with van der Waals surface area (Å²) in [5, 5.41) is 4.98. The summed E-state index contributed by atoms with van der Waals surface area (Å²) in [4.78, 5) is 9.25. The Morgan fingerprint density at radius 3 is 1.87 bits per heavy atom. The van der Waals surface area contributed by atoms with Crippen molar-refractivity contribution in [3.63, 3.8) is 0 Å². The molecule has 0 unspecified atom stereocenters. The summed E-state index contributed by atoms with van der Waals surface area (Å²) in [5.74, 6) is 0.731. The molecule has 0 saturated carbocycles. The molecular weight excluding hydrogens is 368 g/mol. The van der Waals surface area contributed by atoms with E-state index in [9.17, 15) is 0 Å². The van der Waals surface area contributed by atoms with Crippen LogP contribution in [0.1, 0.15) is 5.82 Å². The molecule has 0 atom stereocenters. The van der Waals surface area contributed by atoms with E-state index in [2.05, 4.69) is 47.4 Å². The van der Waals surface area contributed by atoms with Gasteiger partial charge in [-0.3, -0.25) is 0 Å². The molecule has 0 saturated heterocycles. The molecule has 5 aromatic rings. The number of benzene rings is 3. The summed E-state index contributed by atoms with van der Waals surface area (Å²) in [6.07, 6.45) is 1.86. The van der Waals surface area contributed by atoms with E-state index in [1.54, 1.807) is 0 Å². The topological polar surface area (TPSA) is 43.6 Å². The van der Waals surface area contributed by atoms with Crippen LogP contribution in [0.15, 0.2) is 103 Å². The minimum absolute atomic E-state index is 0.731. The molecule has 0 bridgehead atoms. The van der Waals surface area contributed by atoms with Crippen molar-refractivity contribution >= 4 is 0 Å². The third kappa shape index (κ3) is 3.40. The minimum Gasteiger partial charge on any atom is -0.239 e. The van der Waals surface area contributed by atoms with Gasteiger partial charge >= 0.3 is 0 Å². The van der Waals surface area contributed by atoms with Gasteiger partial charge in [-0.2, -0.15) is 5.10 Å². The van der Waals surface area contributed by atoms with Crippen LogP contribution in [0.2, 0.25) is 0 Å². The second-order valence-electron chi connectivity index (χ2n) is 7.08. The Kier molecular flexibility index (Phi) is 4.66. The molecule has 4 nitrogen and oxygen atoms in total. The van der Waals surface area contributed by atoms with Crippen LogP contribution in [0.3, 0.4) is 0 Å². The fourth-order valence-electron chi connectivity index (χ4n) is 3.56.